The zero-order valence-corrected chi connectivity index (χ0v) is 8.86. The summed E-state index contributed by atoms with van der Waals surface area (Å²) in [4.78, 5) is 0. The second-order valence-corrected chi connectivity index (χ2v) is 3.90. The first kappa shape index (κ1) is 10.2. The molecule has 1 aromatic heterocycles. The van der Waals surface area contributed by atoms with E-state index in [0.29, 0.717) is 11.7 Å². The van der Waals surface area contributed by atoms with E-state index in [4.69, 9.17) is 10.00 Å². The van der Waals surface area contributed by atoms with Crippen LogP contribution in [0.5, 0.6) is 0 Å². The van der Waals surface area contributed by atoms with Crippen molar-refractivity contribution in [3.8, 4) is 6.07 Å². The summed E-state index contributed by atoms with van der Waals surface area (Å²) in [6.07, 6.45) is 3.07. The molecule has 0 saturated carbocycles. The van der Waals surface area contributed by atoms with Crippen molar-refractivity contribution in [1.29, 1.82) is 5.26 Å². The molecular weight excluding hydrogens is 190 g/mol. The van der Waals surface area contributed by atoms with Crippen molar-refractivity contribution in [1.82, 2.24) is 9.88 Å². The highest BCUT2D eigenvalue weighted by molar-refractivity contribution is 5.28. The van der Waals surface area contributed by atoms with Crippen molar-refractivity contribution >= 4 is 0 Å². The average molecular weight is 205 g/mol. The summed E-state index contributed by atoms with van der Waals surface area (Å²) in [7, 11) is 1.89. The molecule has 0 aromatic carbocycles. The Hall–Kier alpha value is -1.31. The van der Waals surface area contributed by atoms with Crippen molar-refractivity contribution in [2.24, 2.45) is 7.05 Å². The van der Waals surface area contributed by atoms with Gasteiger partial charge < -0.3 is 14.6 Å². The number of aromatic nitrogens is 1. The summed E-state index contributed by atoms with van der Waals surface area (Å²) in [5, 5.41) is 12.2. The Balaban J connectivity index is 1.90. The fourth-order valence-electron chi connectivity index (χ4n) is 1.80. The van der Waals surface area contributed by atoms with Crippen LogP contribution in [0.1, 0.15) is 17.7 Å². The quantitative estimate of drug-likeness (QED) is 0.793. The van der Waals surface area contributed by atoms with E-state index in [-0.39, 0.29) is 0 Å². The van der Waals surface area contributed by atoms with E-state index in [1.807, 2.05) is 23.9 Å². The third-order valence-corrected chi connectivity index (χ3v) is 2.70. The highest BCUT2D eigenvalue weighted by Crippen LogP contribution is 2.08. The standard InChI is InChI=1S/C11H15N3O/c1-14-7-9(4-11(14)5-12)6-13-10-2-3-15-8-10/h4,7,10,13H,2-3,6,8H2,1H3. The molecule has 4 heteroatoms. The number of rotatable bonds is 3. The fraction of sp³-hybridized carbons (Fsp3) is 0.545. The SMILES string of the molecule is Cn1cc(CNC2CCOC2)cc1C#N. The molecule has 2 heterocycles. The summed E-state index contributed by atoms with van der Waals surface area (Å²) in [5.41, 5.74) is 1.86. The maximum atomic E-state index is 8.80. The largest absolute Gasteiger partial charge is 0.380 e. The van der Waals surface area contributed by atoms with E-state index in [0.717, 1.165) is 31.7 Å². The van der Waals surface area contributed by atoms with Gasteiger partial charge in [-0.2, -0.15) is 5.26 Å². The lowest BCUT2D eigenvalue weighted by Crippen LogP contribution is -2.28. The van der Waals surface area contributed by atoms with Gasteiger partial charge in [0.25, 0.3) is 0 Å². The van der Waals surface area contributed by atoms with Crippen LogP contribution in [0.25, 0.3) is 0 Å². The Morgan fingerprint density at radius 3 is 3.20 bits per heavy atom. The number of nitrogens with zero attached hydrogens (tertiary/aromatic N) is 2. The molecule has 1 aromatic rings. The van der Waals surface area contributed by atoms with Gasteiger partial charge >= 0.3 is 0 Å². The van der Waals surface area contributed by atoms with Crippen LogP contribution in [0.3, 0.4) is 0 Å². The van der Waals surface area contributed by atoms with Crippen LogP contribution in [0.2, 0.25) is 0 Å². The Kier molecular flexibility index (Phi) is 3.05. The summed E-state index contributed by atoms with van der Waals surface area (Å²) in [6.45, 7) is 2.47. The topological polar surface area (TPSA) is 50.0 Å². The molecule has 0 bridgehead atoms. The average Bonchev–Trinajstić information content (AvgIpc) is 2.83. The molecule has 15 heavy (non-hydrogen) atoms. The van der Waals surface area contributed by atoms with Crippen molar-refractivity contribution in [3.63, 3.8) is 0 Å². The molecule has 1 saturated heterocycles. The lowest BCUT2D eigenvalue weighted by Gasteiger charge is -2.08. The summed E-state index contributed by atoms with van der Waals surface area (Å²) in [5.74, 6) is 0. The molecule has 0 spiro atoms. The van der Waals surface area contributed by atoms with E-state index in [2.05, 4.69) is 11.4 Å². The summed E-state index contributed by atoms with van der Waals surface area (Å²) >= 11 is 0. The molecule has 0 radical (unpaired) electrons. The monoisotopic (exact) mass is 205 g/mol. The molecule has 0 aliphatic carbocycles. The van der Waals surface area contributed by atoms with Crippen LogP contribution >= 0.6 is 0 Å². The molecule has 1 N–H and O–H groups in total. The molecule has 4 nitrogen and oxygen atoms in total. The first-order chi connectivity index (χ1) is 7.29. The van der Waals surface area contributed by atoms with Crippen LogP contribution in [0.4, 0.5) is 0 Å². The third-order valence-electron chi connectivity index (χ3n) is 2.70. The lowest BCUT2D eigenvalue weighted by atomic mass is 10.2. The Labute approximate surface area is 89.5 Å². The number of nitriles is 1. The zero-order chi connectivity index (χ0) is 10.7. The van der Waals surface area contributed by atoms with Gasteiger partial charge in [0.05, 0.1) is 6.61 Å². The van der Waals surface area contributed by atoms with Crippen molar-refractivity contribution in [2.45, 2.75) is 19.0 Å². The summed E-state index contributed by atoms with van der Waals surface area (Å²) in [6, 6.07) is 4.54. The third kappa shape index (κ3) is 2.38. The molecule has 80 valence electrons. The van der Waals surface area contributed by atoms with Gasteiger partial charge in [-0.15, -0.1) is 0 Å². The predicted molar refractivity (Wildman–Crippen MR) is 56.2 cm³/mol. The first-order valence-corrected chi connectivity index (χ1v) is 5.16. The first-order valence-electron chi connectivity index (χ1n) is 5.16. The minimum absolute atomic E-state index is 0.468. The second kappa shape index (κ2) is 4.47. The highest BCUT2D eigenvalue weighted by atomic mass is 16.5. The Morgan fingerprint density at radius 1 is 1.73 bits per heavy atom. The molecule has 1 aliphatic rings. The van der Waals surface area contributed by atoms with Crippen LogP contribution in [0, 0.1) is 11.3 Å². The van der Waals surface area contributed by atoms with E-state index >= 15 is 0 Å². The van der Waals surface area contributed by atoms with Gasteiger partial charge in [-0.3, -0.25) is 0 Å². The zero-order valence-electron chi connectivity index (χ0n) is 8.86. The molecule has 1 fully saturated rings. The van der Waals surface area contributed by atoms with Gasteiger partial charge in [0, 0.05) is 32.4 Å². The molecule has 0 amide bonds. The second-order valence-electron chi connectivity index (χ2n) is 3.90. The minimum Gasteiger partial charge on any atom is -0.380 e. The molecule has 1 atom stereocenters. The lowest BCUT2D eigenvalue weighted by molar-refractivity contribution is 0.190. The number of hydrogen-bond acceptors (Lipinski definition) is 3. The maximum absolute atomic E-state index is 8.80. The van der Waals surface area contributed by atoms with E-state index in [9.17, 15) is 0 Å². The van der Waals surface area contributed by atoms with Crippen LogP contribution in [0.15, 0.2) is 12.3 Å². The van der Waals surface area contributed by atoms with Crippen LogP contribution < -0.4 is 5.32 Å². The van der Waals surface area contributed by atoms with Crippen molar-refractivity contribution < 1.29 is 4.74 Å². The van der Waals surface area contributed by atoms with Crippen LogP contribution in [-0.2, 0) is 18.3 Å². The predicted octanol–water partition coefficient (Wildman–Crippen LogP) is 0.775. The molecule has 1 aliphatic heterocycles. The van der Waals surface area contributed by atoms with Gasteiger partial charge in [0.2, 0.25) is 0 Å². The minimum atomic E-state index is 0.468. The Bertz CT molecular complexity index is 372. The van der Waals surface area contributed by atoms with Crippen molar-refractivity contribution in [3.05, 3.63) is 23.5 Å². The Morgan fingerprint density at radius 2 is 2.60 bits per heavy atom. The van der Waals surface area contributed by atoms with Gasteiger partial charge in [-0.1, -0.05) is 0 Å². The smallest absolute Gasteiger partial charge is 0.120 e. The van der Waals surface area contributed by atoms with Gasteiger partial charge in [0.1, 0.15) is 11.8 Å². The maximum Gasteiger partial charge on any atom is 0.120 e. The number of nitrogens with one attached hydrogen (secondary N) is 1. The van der Waals surface area contributed by atoms with Gasteiger partial charge in [-0.05, 0) is 18.1 Å². The van der Waals surface area contributed by atoms with Gasteiger partial charge in [0.15, 0.2) is 0 Å². The van der Waals surface area contributed by atoms with Gasteiger partial charge in [-0.25, -0.2) is 0 Å². The van der Waals surface area contributed by atoms with Crippen LogP contribution in [-0.4, -0.2) is 23.8 Å². The normalized spacial score (nSPS) is 20.4. The fourth-order valence-corrected chi connectivity index (χ4v) is 1.80. The molecular formula is C11H15N3O. The van der Waals surface area contributed by atoms with E-state index in [1.54, 1.807) is 0 Å². The molecule has 1 unspecified atom stereocenters. The van der Waals surface area contributed by atoms with E-state index < -0.39 is 0 Å². The highest BCUT2D eigenvalue weighted by Gasteiger charge is 2.14. The summed E-state index contributed by atoms with van der Waals surface area (Å²) < 4.78 is 7.12. The van der Waals surface area contributed by atoms with Crippen molar-refractivity contribution in [2.75, 3.05) is 13.2 Å². The molecule has 2 rings (SSSR count). The number of ether oxygens (including phenoxy) is 1. The number of aryl methyl sites for hydroxylation is 1. The van der Waals surface area contributed by atoms with E-state index in [1.165, 1.54) is 0 Å². The number of hydrogen-bond donors (Lipinski definition) is 1.